The number of nitrogens with zero attached hydrogens (tertiary/aromatic N) is 3. The minimum absolute atomic E-state index is 0.00500. The minimum Gasteiger partial charge on any atom is -0.490 e. The summed E-state index contributed by atoms with van der Waals surface area (Å²) in [6.07, 6.45) is 2.39. The van der Waals surface area contributed by atoms with Crippen LogP contribution in [0.25, 0.3) is 0 Å². The summed E-state index contributed by atoms with van der Waals surface area (Å²) < 4.78 is 44.4. The molecule has 0 spiro atoms. The van der Waals surface area contributed by atoms with Gasteiger partial charge in [-0.15, -0.1) is 0 Å². The number of fused-ring (bicyclic) bond motifs is 1. The first-order valence-electron chi connectivity index (χ1n) is 9.16. The fraction of sp³-hybridized carbons (Fsp3) is 0.444. The molecule has 0 atom stereocenters. The van der Waals surface area contributed by atoms with E-state index in [9.17, 15) is 8.42 Å². The molecule has 4 rings (SSSR count). The molecule has 0 bridgehead atoms. The first-order chi connectivity index (χ1) is 13.6. The van der Waals surface area contributed by atoms with Crippen molar-refractivity contribution in [3.63, 3.8) is 0 Å². The molecule has 1 fully saturated rings. The summed E-state index contributed by atoms with van der Waals surface area (Å²) in [6, 6.07) is 6.41. The first kappa shape index (κ1) is 18.9. The Kier molecular flexibility index (Phi) is 5.60. The minimum atomic E-state index is -3.74. The highest BCUT2D eigenvalue weighted by Crippen LogP contribution is 2.31. The molecule has 9 nitrogen and oxygen atoms in total. The van der Waals surface area contributed by atoms with E-state index in [0.717, 1.165) is 25.3 Å². The Bertz CT molecular complexity index is 931. The maximum absolute atomic E-state index is 12.7. The average Bonchev–Trinajstić information content (AvgIpc) is 2.98. The van der Waals surface area contributed by atoms with Gasteiger partial charge in [0.1, 0.15) is 11.6 Å². The van der Waals surface area contributed by atoms with Gasteiger partial charge < -0.3 is 19.1 Å². The fourth-order valence-corrected chi connectivity index (χ4v) is 3.99. The standard InChI is InChI=1S/C18H22N4O5S/c23-28(24,14-2-3-15-16(12-14)27-9-1-8-26-15)20-13-17-19-5-4-18(21-17)22-6-10-25-11-7-22/h2-5,12,20H,1,6-11,13H2. The molecule has 1 aromatic carbocycles. The molecule has 0 amide bonds. The SMILES string of the molecule is O=S(=O)(NCc1nccc(N2CCOCC2)n1)c1ccc2c(c1)OCCCO2. The smallest absolute Gasteiger partial charge is 0.241 e. The second-order valence-electron chi connectivity index (χ2n) is 6.41. The van der Waals surface area contributed by atoms with E-state index in [1.165, 1.54) is 12.1 Å². The lowest BCUT2D eigenvalue weighted by molar-refractivity contribution is 0.122. The molecule has 0 radical (unpaired) electrons. The van der Waals surface area contributed by atoms with Gasteiger partial charge in [0.05, 0.1) is 37.9 Å². The van der Waals surface area contributed by atoms with Gasteiger partial charge in [0.2, 0.25) is 10.0 Å². The van der Waals surface area contributed by atoms with Crippen molar-refractivity contribution in [1.82, 2.24) is 14.7 Å². The fourth-order valence-electron chi connectivity index (χ4n) is 3.00. The number of benzene rings is 1. The summed E-state index contributed by atoms with van der Waals surface area (Å²) >= 11 is 0. The summed E-state index contributed by atoms with van der Waals surface area (Å²) in [5.74, 6) is 2.16. The van der Waals surface area contributed by atoms with Gasteiger partial charge in [0.15, 0.2) is 11.5 Å². The lowest BCUT2D eigenvalue weighted by Crippen LogP contribution is -2.37. The van der Waals surface area contributed by atoms with Gasteiger partial charge >= 0.3 is 0 Å². The van der Waals surface area contributed by atoms with Crippen molar-refractivity contribution in [3.8, 4) is 11.5 Å². The zero-order chi connectivity index (χ0) is 19.4. The maximum Gasteiger partial charge on any atom is 0.241 e. The zero-order valence-electron chi connectivity index (χ0n) is 15.3. The third-order valence-electron chi connectivity index (χ3n) is 4.48. The molecule has 2 aromatic rings. The second-order valence-corrected chi connectivity index (χ2v) is 8.18. The molecular weight excluding hydrogens is 384 g/mol. The third kappa shape index (κ3) is 4.34. The van der Waals surface area contributed by atoms with Crippen LogP contribution >= 0.6 is 0 Å². The van der Waals surface area contributed by atoms with E-state index in [0.29, 0.717) is 43.8 Å². The lowest BCUT2D eigenvalue weighted by atomic mass is 10.3. The van der Waals surface area contributed by atoms with Gasteiger partial charge in [-0.05, 0) is 18.2 Å². The van der Waals surface area contributed by atoms with Gasteiger partial charge in [-0.25, -0.2) is 23.1 Å². The highest BCUT2D eigenvalue weighted by molar-refractivity contribution is 7.89. The Morgan fingerprint density at radius 2 is 1.82 bits per heavy atom. The Hall–Kier alpha value is -2.43. The van der Waals surface area contributed by atoms with Crippen LogP contribution in [0.2, 0.25) is 0 Å². The predicted molar refractivity (Wildman–Crippen MR) is 101 cm³/mol. The van der Waals surface area contributed by atoms with Gasteiger partial charge in [-0.2, -0.15) is 0 Å². The van der Waals surface area contributed by atoms with Crippen molar-refractivity contribution < 1.29 is 22.6 Å². The van der Waals surface area contributed by atoms with Gasteiger partial charge in [0, 0.05) is 31.8 Å². The van der Waals surface area contributed by atoms with E-state index in [4.69, 9.17) is 14.2 Å². The molecule has 1 saturated heterocycles. The number of sulfonamides is 1. The molecule has 10 heteroatoms. The molecule has 2 aliphatic rings. The summed E-state index contributed by atoms with van der Waals surface area (Å²) in [4.78, 5) is 10.8. The molecule has 28 heavy (non-hydrogen) atoms. The number of hydrogen-bond acceptors (Lipinski definition) is 8. The summed E-state index contributed by atoms with van der Waals surface area (Å²) in [5, 5.41) is 0. The van der Waals surface area contributed by atoms with Crippen LogP contribution in [0.1, 0.15) is 12.2 Å². The van der Waals surface area contributed by atoms with Crippen LogP contribution in [-0.2, 0) is 21.3 Å². The molecule has 1 N–H and O–H groups in total. The molecule has 3 heterocycles. The Morgan fingerprint density at radius 3 is 2.64 bits per heavy atom. The highest BCUT2D eigenvalue weighted by atomic mass is 32.2. The quantitative estimate of drug-likeness (QED) is 0.783. The van der Waals surface area contributed by atoms with Crippen molar-refractivity contribution in [2.24, 2.45) is 0 Å². The molecule has 0 unspecified atom stereocenters. The van der Waals surface area contributed by atoms with Gasteiger partial charge in [-0.3, -0.25) is 0 Å². The summed E-state index contributed by atoms with van der Waals surface area (Å²) in [5.41, 5.74) is 0. The highest BCUT2D eigenvalue weighted by Gasteiger charge is 2.19. The maximum atomic E-state index is 12.7. The van der Waals surface area contributed by atoms with E-state index in [1.54, 1.807) is 12.3 Å². The van der Waals surface area contributed by atoms with E-state index in [-0.39, 0.29) is 11.4 Å². The Labute approximate surface area is 163 Å². The molecule has 1 aromatic heterocycles. The van der Waals surface area contributed by atoms with Crippen LogP contribution < -0.4 is 19.1 Å². The van der Waals surface area contributed by atoms with E-state index in [2.05, 4.69) is 19.6 Å². The Balaban J connectivity index is 1.46. The third-order valence-corrected chi connectivity index (χ3v) is 5.87. The van der Waals surface area contributed by atoms with E-state index >= 15 is 0 Å². The van der Waals surface area contributed by atoms with Crippen molar-refractivity contribution in [3.05, 3.63) is 36.3 Å². The molecule has 150 valence electrons. The zero-order valence-corrected chi connectivity index (χ0v) is 16.2. The Morgan fingerprint density at radius 1 is 1.04 bits per heavy atom. The van der Waals surface area contributed by atoms with Crippen LogP contribution in [-0.4, -0.2) is 57.9 Å². The number of nitrogens with one attached hydrogen (secondary N) is 1. The van der Waals surface area contributed by atoms with Crippen molar-refractivity contribution >= 4 is 15.8 Å². The molecular formula is C18H22N4O5S. The van der Waals surface area contributed by atoms with Crippen LogP contribution in [0, 0.1) is 0 Å². The first-order valence-corrected chi connectivity index (χ1v) is 10.6. The topological polar surface area (TPSA) is 103 Å². The molecule has 0 aliphatic carbocycles. The number of anilines is 1. The largest absolute Gasteiger partial charge is 0.490 e. The van der Waals surface area contributed by atoms with Gasteiger partial charge in [-0.1, -0.05) is 0 Å². The van der Waals surface area contributed by atoms with Crippen molar-refractivity contribution in [2.45, 2.75) is 17.9 Å². The number of ether oxygens (including phenoxy) is 3. The van der Waals surface area contributed by atoms with E-state index < -0.39 is 10.0 Å². The van der Waals surface area contributed by atoms with Crippen LogP contribution in [0.15, 0.2) is 35.4 Å². The number of morpholine rings is 1. The predicted octanol–water partition coefficient (Wildman–Crippen LogP) is 0.953. The number of rotatable bonds is 5. The van der Waals surface area contributed by atoms with Crippen LogP contribution in [0.3, 0.4) is 0 Å². The number of aromatic nitrogens is 2. The monoisotopic (exact) mass is 406 g/mol. The van der Waals surface area contributed by atoms with Crippen molar-refractivity contribution in [1.29, 1.82) is 0 Å². The van der Waals surface area contributed by atoms with Gasteiger partial charge in [0.25, 0.3) is 0 Å². The summed E-state index contributed by atoms with van der Waals surface area (Å²) in [6.45, 7) is 3.83. The van der Waals surface area contributed by atoms with Crippen molar-refractivity contribution in [2.75, 3.05) is 44.4 Å². The van der Waals surface area contributed by atoms with Crippen LogP contribution in [0.5, 0.6) is 11.5 Å². The molecule has 0 saturated carbocycles. The number of hydrogen-bond donors (Lipinski definition) is 1. The van der Waals surface area contributed by atoms with Crippen LogP contribution in [0.4, 0.5) is 5.82 Å². The molecule has 2 aliphatic heterocycles. The summed E-state index contributed by atoms with van der Waals surface area (Å²) in [7, 11) is -3.74. The van der Waals surface area contributed by atoms with E-state index in [1.807, 2.05) is 6.07 Å². The average molecular weight is 406 g/mol. The normalized spacial score (nSPS) is 17.2. The second kappa shape index (κ2) is 8.29. The lowest BCUT2D eigenvalue weighted by Gasteiger charge is -2.27.